The Morgan fingerprint density at radius 3 is 2.61 bits per heavy atom. The molecule has 98 valence electrons. The number of nitrogen functional groups attached to an aromatic ring is 1. The summed E-state index contributed by atoms with van der Waals surface area (Å²) in [5.74, 6) is 0.0156. The lowest BCUT2D eigenvalue weighted by molar-refractivity contribution is 0.101. The molecule has 0 aliphatic heterocycles. The molecule has 0 unspecified atom stereocenters. The van der Waals surface area contributed by atoms with E-state index in [9.17, 15) is 4.79 Å². The SMILES string of the molecule is CC(=O)c1ccc(NCC2(C)CCCC2)cc1N. The minimum Gasteiger partial charge on any atom is -0.398 e. The Bertz CT molecular complexity index is 448. The smallest absolute Gasteiger partial charge is 0.161 e. The molecule has 0 amide bonds. The average Bonchev–Trinajstić information content (AvgIpc) is 2.74. The zero-order valence-electron chi connectivity index (χ0n) is 11.3. The lowest BCUT2D eigenvalue weighted by Crippen LogP contribution is -2.23. The maximum absolute atomic E-state index is 11.3. The quantitative estimate of drug-likeness (QED) is 0.632. The predicted octanol–water partition coefficient (Wildman–Crippen LogP) is 3.46. The monoisotopic (exact) mass is 246 g/mol. The summed E-state index contributed by atoms with van der Waals surface area (Å²) < 4.78 is 0. The highest BCUT2D eigenvalue weighted by atomic mass is 16.1. The Morgan fingerprint density at radius 2 is 2.06 bits per heavy atom. The topological polar surface area (TPSA) is 55.1 Å². The molecular formula is C15H22N2O. The molecule has 1 aromatic carbocycles. The van der Waals surface area contributed by atoms with Crippen LogP contribution in [0.5, 0.6) is 0 Å². The fourth-order valence-electron chi connectivity index (χ4n) is 2.71. The third-order valence-corrected chi connectivity index (χ3v) is 3.96. The third-order valence-electron chi connectivity index (χ3n) is 3.96. The predicted molar refractivity (Wildman–Crippen MR) is 75.9 cm³/mol. The van der Waals surface area contributed by atoms with E-state index in [0.29, 0.717) is 16.7 Å². The third kappa shape index (κ3) is 2.84. The maximum Gasteiger partial charge on any atom is 0.161 e. The largest absolute Gasteiger partial charge is 0.398 e. The summed E-state index contributed by atoms with van der Waals surface area (Å²) in [7, 11) is 0. The standard InChI is InChI=1S/C15H22N2O/c1-11(18)13-6-5-12(9-14(13)16)17-10-15(2)7-3-4-8-15/h5-6,9,17H,3-4,7-8,10,16H2,1-2H3. The van der Waals surface area contributed by atoms with Crippen molar-refractivity contribution in [3.63, 3.8) is 0 Å². The van der Waals surface area contributed by atoms with Crippen LogP contribution < -0.4 is 11.1 Å². The normalized spacial score (nSPS) is 17.7. The van der Waals surface area contributed by atoms with E-state index >= 15 is 0 Å². The second-order valence-corrected chi connectivity index (χ2v) is 5.73. The molecule has 2 rings (SSSR count). The van der Waals surface area contributed by atoms with E-state index in [2.05, 4.69) is 12.2 Å². The van der Waals surface area contributed by atoms with Crippen molar-refractivity contribution in [2.75, 3.05) is 17.6 Å². The Kier molecular flexibility index (Phi) is 3.60. The van der Waals surface area contributed by atoms with Gasteiger partial charge in [0.05, 0.1) is 0 Å². The van der Waals surface area contributed by atoms with E-state index in [4.69, 9.17) is 5.73 Å². The number of anilines is 2. The van der Waals surface area contributed by atoms with Crippen LogP contribution in [0.2, 0.25) is 0 Å². The van der Waals surface area contributed by atoms with Crippen LogP contribution in [0, 0.1) is 5.41 Å². The van der Waals surface area contributed by atoms with Crippen LogP contribution in [0.4, 0.5) is 11.4 Å². The summed E-state index contributed by atoms with van der Waals surface area (Å²) in [6.45, 7) is 4.85. The first-order valence-corrected chi connectivity index (χ1v) is 6.65. The Morgan fingerprint density at radius 1 is 1.39 bits per heavy atom. The molecule has 0 atom stereocenters. The highest BCUT2D eigenvalue weighted by Crippen LogP contribution is 2.37. The second kappa shape index (κ2) is 5.01. The number of hydrogen-bond donors (Lipinski definition) is 2. The van der Waals surface area contributed by atoms with Gasteiger partial charge in [0.15, 0.2) is 5.78 Å². The summed E-state index contributed by atoms with van der Waals surface area (Å²) in [6, 6.07) is 5.59. The van der Waals surface area contributed by atoms with Crippen molar-refractivity contribution in [2.45, 2.75) is 39.5 Å². The van der Waals surface area contributed by atoms with Crippen molar-refractivity contribution in [1.82, 2.24) is 0 Å². The maximum atomic E-state index is 11.3. The van der Waals surface area contributed by atoms with Gasteiger partial charge in [-0.05, 0) is 43.4 Å². The average molecular weight is 246 g/mol. The van der Waals surface area contributed by atoms with E-state index < -0.39 is 0 Å². The van der Waals surface area contributed by atoms with Crippen LogP contribution in [-0.2, 0) is 0 Å². The summed E-state index contributed by atoms with van der Waals surface area (Å²) in [5, 5.41) is 3.44. The van der Waals surface area contributed by atoms with Crippen LogP contribution in [0.15, 0.2) is 18.2 Å². The number of nitrogens with two attached hydrogens (primary N) is 1. The van der Waals surface area contributed by atoms with Crippen LogP contribution in [0.1, 0.15) is 49.9 Å². The first-order chi connectivity index (χ1) is 8.50. The lowest BCUT2D eigenvalue weighted by atomic mass is 9.89. The highest BCUT2D eigenvalue weighted by molar-refractivity contribution is 5.99. The van der Waals surface area contributed by atoms with Gasteiger partial charge in [0.1, 0.15) is 0 Å². The van der Waals surface area contributed by atoms with E-state index in [1.165, 1.54) is 25.7 Å². The number of nitrogens with one attached hydrogen (secondary N) is 1. The number of hydrogen-bond acceptors (Lipinski definition) is 3. The highest BCUT2D eigenvalue weighted by Gasteiger charge is 2.28. The molecule has 0 spiro atoms. The van der Waals surface area contributed by atoms with Gasteiger partial charge in [0, 0.05) is 23.5 Å². The summed E-state index contributed by atoms with van der Waals surface area (Å²) in [5.41, 5.74) is 8.46. The van der Waals surface area contributed by atoms with Crippen molar-refractivity contribution in [3.8, 4) is 0 Å². The fourth-order valence-corrected chi connectivity index (χ4v) is 2.71. The molecule has 1 aromatic rings. The fraction of sp³-hybridized carbons (Fsp3) is 0.533. The minimum absolute atomic E-state index is 0.0156. The molecule has 0 radical (unpaired) electrons. The van der Waals surface area contributed by atoms with Crippen LogP contribution in [0.3, 0.4) is 0 Å². The number of carbonyl (C=O) groups is 1. The zero-order valence-corrected chi connectivity index (χ0v) is 11.3. The zero-order chi connectivity index (χ0) is 13.2. The van der Waals surface area contributed by atoms with E-state index in [0.717, 1.165) is 12.2 Å². The van der Waals surface area contributed by atoms with Gasteiger partial charge in [-0.1, -0.05) is 19.8 Å². The molecule has 0 bridgehead atoms. The molecule has 1 saturated carbocycles. The Labute approximate surface area is 109 Å². The first-order valence-electron chi connectivity index (χ1n) is 6.65. The summed E-state index contributed by atoms with van der Waals surface area (Å²) >= 11 is 0. The second-order valence-electron chi connectivity index (χ2n) is 5.73. The number of benzene rings is 1. The molecule has 0 heterocycles. The number of Topliss-reactive ketones (excluding diaryl/α,β-unsaturated/α-hetero) is 1. The molecule has 1 aliphatic carbocycles. The van der Waals surface area contributed by atoms with Crippen LogP contribution >= 0.6 is 0 Å². The molecule has 0 saturated heterocycles. The van der Waals surface area contributed by atoms with Gasteiger partial charge >= 0.3 is 0 Å². The molecule has 0 aromatic heterocycles. The van der Waals surface area contributed by atoms with Gasteiger partial charge in [-0.3, -0.25) is 4.79 Å². The van der Waals surface area contributed by atoms with Crippen molar-refractivity contribution in [2.24, 2.45) is 5.41 Å². The molecular weight excluding hydrogens is 224 g/mol. The molecule has 3 heteroatoms. The van der Waals surface area contributed by atoms with Gasteiger partial charge in [-0.2, -0.15) is 0 Å². The lowest BCUT2D eigenvalue weighted by Gasteiger charge is -2.24. The summed E-state index contributed by atoms with van der Waals surface area (Å²) in [6.07, 6.45) is 5.26. The van der Waals surface area contributed by atoms with Crippen LogP contribution in [0.25, 0.3) is 0 Å². The molecule has 1 fully saturated rings. The van der Waals surface area contributed by atoms with Crippen LogP contribution in [-0.4, -0.2) is 12.3 Å². The molecule has 18 heavy (non-hydrogen) atoms. The van der Waals surface area contributed by atoms with Crippen molar-refractivity contribution < 1.29 is 4.79 Å². The summed E-state index contributed by atoms with van der Waals surface area (Å²) in [4.78, 5) is 11.3. The van der Waals surface area contributed by atoms with Gasteiger partial charge in [0.2, 0.25) is 0 Å². The van der Waals surface area contributed by atoms with Gasteiger partial charge in [-0.25, -0.2) is 0 Å². The first kappa shape index (κ1) is 12.9. The van der Waals surface area contributed by atoms with E-state index in [1.54, 1.807) is 13.0 Å². The minimum atomic E-state index is 0.0156. The molecule has 3 N–H and O–H groups in total. The van der Waals surface area contributed by atoms with Gasteiger partial charge in [0.25, 0.3) is 0 Å². The van der Waals surface area contributed by atoms with Crippen molar-refractivity contribution >= 4 is 17.2 Å². The number of rotatable bonds is 4. The van der Waals surface area contributed by atoms with E-state index in [1.807, 2.05) is 12.1 Å². The van der Waals surface area contributed by atoms with Crippen molar-refractivity contribution in [3.05, 3.63) is 23.8 Å². The Balaban J connectivity index is 2.02. The molecule has 3 nitrogen and oxygen atoms in total. The number of ketones is 1. The Hall–Kier alpha value is -1.51. The van der Waals surface area contributed by atoms with Gasteiger partial charge in [-0.15, -0.1) is 0 Å². The molecule has 1 aliphatic rings. The number of carbonyl (C=O) groups excluding carboxylic acids is 1. The van der Waals surface area contributed by atoms with Gasteiger partial charge < -0.3 is 11.1 Å². The van der Waals surface area contributed by atoms with Crippen molar-refractivity contribution in [1.29, 1.82) is 0 Å². The van der Waals surface area contributed by atoms with E-state index in [-0.39, 0.29) is 5.78 Å².